The summed E-state index contributed by atoms with van der Waals surface area (Å²) in [6.07, 6.45) is 2.98. The van der Waals surface area contributed by atoms with Gasteiger partial charge in [-0.15, -0.1) is 0 Å². The van der Waals surface area contributed by atoms with E-state index in [1.54, 1.807) is 0 Å². The quantitative estimate of drug-likeness (QED) is 0.197. The zero-order chi connectivity index (χ0) is 29.8. The van der Waals surface area contributed by atoms with Crippen molar-refractivity contribution in [3.63, 3.8) is 0 Å². The van der Waals surface area contributed by atoms with Crippen LogP contribution in [0.25, 0.3) is 65.9 Å². The van der Waals surface area contributed by atoms with E-state index in [0.29, 0.717) is 0 Å². The lowest BCUT2D eigenvalue weighted by Crippen LogP contribution is -1.95. The van der Waals surface area contributed by atoms with E-state index in [2.05, 4.69) is 132 Å². The van der Waals surface area contributed by atoms with Crippen molar-refractivity contribution in [3.8, 4) is 22.3 Å². The SMILES string of the molecule is CCn1c2ccc(Cc3ccc4c5c6c(ccc5n(CC)c4c3)Cc3ccccc3-6)cc2c2c3c(ccc21)Cc1ccccc1-3. The predicted molar refractivity (Wildman–Crippen MR) is 190 cm³/mol. The van der Waals surface area contributed by atoms with E-state index in [1.807, 2.05) is 0 Å². The maximum Gasteiger partial charge on any atom is 0.0497 e. The second kappa shape index (κ2) is 9.22. The van der Waals surface area contributed by atoms with Gasteiger partial charge in [-0.05, 0) is 119 Å². The second-order valence-corrected chi connectivity index (χ2v) is 13.0. The van der Waals surface area contributed by atoms with Gasteiger partial charge in [0.15, 0.2) is 0 Å². The monoisotopic (exact) mass is 578 g/mol. The first-order valence-corrected chi connectivity index (χ1v) is 16.5. The molecule has 0 amide bonds. The Morgan fingerprint density at radius 3 is 1.64 bits per heavy atom. The highest BCUT2D eigenvalue weighted by molar-refractivity contribution is 6.18. The number of aromatic nitrogens is 2. The third-order valence-corrected chi connectivity index (χ3v) is 10.7. The molecule has 0 aliphatic heterocycles. The molecule has 0 N–H and O–H groups in total. The summed E-state index contributed by atoms with van der Waals surface area (Å²) in [6.45, 7) is 6.47. The van der Waals surface area contributed by atoms with Crippen molar-refractivity contribution >= 4 is 43.6 Å². The lowest BCUT2D eigenvalue weighted by atomic mass is 9.96. The number of aryl methyl sites for hydroxylation is 2. The zero-order valence-corrected chi connectivity index (χ0v) is 25.8. The van der Waals surface area contributed by atoms with Crippen molar-refractivity contribution in [1.82, 2.24) is 9.13 Å². The van der Waals surface area contributed by atoms with Crippen molar-refractivity contribution in [2.24, 2.45) is 0 Å². The fraction of sp³-hybridized carbons (Fsp3) is 0.163. The Balaban J connectivity index is 1.13. The molecule has 0 unspecified atom stereocenters. The maximum absolute atomic E-state index is 2.52. The molecule has 0 spiro atoms. The van der Waals surface area contributed by atoms with Crippen LogP contribution in [0, 0.1) is 0 Å². The molecular formula is C43H34N2. The van der Waals surface area contributed by atoms with E-state index in [9.17, 15) is 0 Å². The topological polar surface area (TPSA) is 9.86 Å². The Hall–Kier alpha value is -5.08. The molecule has 0 atom stereocenters. The highest BCUT2D eigenvalue weighted by Crippen LogP contribution is 2.47. The normalized spacial score (nSPS) is 13.2. The van der Waals surface area contributed by atoms with Gasteiger partial charge in [0.1, 0.15) is 0 Å². The van der Waals surface area contributed by atoms with E-state index < -0.39 is 0 Å². The van der Waals surface area contributed by atoms with Crippen molar-refractivity contribution in [3.05, 3.63) is 143 Å². The molecule has 6 aromatic carbocycles. The number of benzene rings is 6. The minimum Gasteiger partial charge on any atom is -0.341 e. The molecule has 2 heteroatoms. The summed E-state index contributed by atoms with van der Waals surface area (Å²) in [6, 6.07) is 41.8. The minimum atomic E-state index is 0.919. The van der Waals surface area contributed by atoms with Gasteiger partial charge in [-0.1, -0.05) is 78.9 Å². The van der Waals surface area contributed by atoms with Crippen LogP contribution in [0.5, 0.6) is 0 Å². The van der Waals surface area contributed by atoms with Crippen LogP contribution in [0.15, 0.2) is 109 Å². The van der Waals surface area contributed by atoms with Crippen molar-refractivity contribution in [2.45, 2.75) is 46.2 Å². The standard InChI is InChI=1S/C43H34N2/c1-3-44-36-18-14-26(22-35(36)43-38(44)20-16-31-25-29-10-6-8-12-33(29)41(31)43)21-27-13-17-34-39(23-27)45(4-2)37-19-15-30-24-28-9-5-7-11-32(28)40(30)42(34)37/h5-20,22-23H,3-4,21,24-25H2,1-2H3. The van der Waals surface area contributed by atoms with Gasteiger partial charge in [-0.2, -0.15) is 0 Å². The maximum atomic E-state index is 2.52. The third kappa shape index (κ3) is 3.40. The summed E-state index contributed by atoms with van der Waals surface area (Å²) >= 11 is 0. The number of rotatable bonds is 4. The smallest absolute Gasteiger partial charge is 0.0497 e. The Bertz CT molecular complexity index is 2540. The van der Waals surface area contributed by atoms with Crippen LogP contribution in [0.4, 0.5) is 0 Å². The van der Waals surface area contributed by atoms with Gasteiger partial charge in [0.25, 0.3) is 0 Å². The summed E-state index contributed by atoms with van der Waals surface area (Å²) in [4.78, 5) is 0. The summed E-state index contributed by atoms with van der Waals surface area (Å²) in [5, 5.41) is 5.60. The van der Waals surface area contributed by atoms with Gasteiger partial charge in [-0.3, -0.25) is 0 Å². The van der Waals surface area contributed by atoms with Gasteiger partial charge in [0.2, 0.25) is 0 Å². The van der Waals surface area contributed by atoms with Crippen LogP contribution in [-0.4, -0.2) is 9.13 Å². The fourth-order valence-corrected chi connectivity index (χ4v) is 8.85. The first kappa shape index (κ1) is 25.3. The van der Waals surface area contributed by atoms with Crippen molar-refractivity contribution in [2.75, 3.05) is 0 Å². The van der Waals surface area contributed by atoms with Crippen LogP contribution in [0.2, 0.25) is 0 Å². The molecule has 0 fully saturated rings. The highest BCUT2D eigenvalue weighted by atomic mass is 15.0. The Morgan fingerprint density at radius 2 is 1.00 bits per heavy atom. The summed E-state index contributed by atoms with van der Waals surface area (Å²) in [5.74, 6) is 0. The average Bonchev–Trinajstić information content (AvgIpc) is 3.81. The van der Waals surface area contributed by atoms with Crippen molar-refractivity contribution in [1.29, 1.82) is 0 Å². The molecule has 0 bridgehead atoms. The van der Waals surface area contributed by atoms with Crippen LogP contribution in [0.1, 0.15) is 47.2 Å². The van der Waals surface area contributed by atoms with E-state index in [4.69, 9.17) is 0 Å². The van der Waals surface area contributed by atoms with Gasteiger partial charge < -0.3 is 9.13 Å². The van der Waals surface area contributed by atoms with Crippen LogP contribution in [-0.2, 0) is 32.4 Å². The molecule has 2 nitrogen and oxygen atoms in total. The fourth-order valence-electron chi connectivity index (χ4n) is 8.85. The molecule has 45 heavy (non-hydrogen) atoms. The minimum absolute atomic E-state index is 0.919. The van der Waals surface area contributed by atoms with E-state index in [0.717, 1.165) is 32.4 Å². The molecule has 0 saturated carbocycles. The molecule has 2 heterocycles. The summed E-state index contributed by atoms with van der Waals surface area (Å²) in [7, 11) is 0. The first-order chi connectivity index (χ1) is 22.2. The molecule has 8 aromatic rings. The van der Waals surface area contributed by atoms with E-state index >= 15 is 0 Å². The number of fused-ring (bicyclic) bond motifs is 14. The predicted octanol–water partition coefficient (Wildman–Crippen LogP) is 10.7. The van der Waals surface area contributed by atoms with E-state index in [1.165, 1.54) is 99.2 Å². The second-order valence-electron chi connectivity index (χ2n) is 13.0. The molecule has 2 aliphatic rings. The van der Waals surface area contributed by atoms with Gasteiger partial charge >= 0.3 is 0 Å². The Morgan fingerprint density at radius 1 is 0.467 bits per heavy atom. The largest absolute Gasteiger partial charge is 0.341 e. The van der Waals surface area contributed by atoms with Crippen LogP contribution in [0.3, 0.4) is 0 Å². The van der Waals surface area contributed by atoms with Gasteiger partial charge in [0.05, 0.1) is 0 Å². The van der Waals surface area contributed by atoms with Crippen LogP contribution < -0.4 is 0 Å². The molecule has 2 aromatic heterocycles. The van der Waals surface area contributed by atoms with Crippen molar-refractivity contribution < 1.29 is 0 Å². The van der Waals surface area contributed by atoms with E-state index in [-0.39, 0.29) is 0 Å². The van der Waals surface area contributed by atoms with Crippen LogP contribution >= 0.6 is 0 Å². The lowest BCUT2D eigenvalue weighted by molar-refractivity contribution is 0.826. The molecule has 216 valence electrons. The number of hydrogen-bond donors (Lipinski definition) is 0. The Kier molecular flexibility index (Phi) is 5.18. The molecule has 2 aliphatic carbocycles. The number of hydrogen-bond acceptors (Lipinski definition) is 0. The Labute approximate surface area is 263 Å². The van der Waals surface area contributed by atoms with Gasteiger partial charge in [-0.25, -0.2) is 0 Å². The summed E-state index contributed by atoms with van der Waals surface area (Å²) < 4.78 is 5.02. The molecule has 0 saturated heterocycles. The third-order valence-electron chi connectivity index (χ3n) is 10.7. The lowest BCUT2D eigenvalue weighted by Gasteiger charge is -2.07. The molecular weight excluding hydrogens is 544 g/mol. The summed E-state index contributed by atoms with van der Waals surface area (Å²) in [5.41, 5.74) is 19.6. The molecule has 0 radical (unpaired) electrons. The molecule has 10 rings (SSSR count). The zero-order valence-electron chi connectivity index (χ0n) is 25.8. The average molecular weight is 579 g/mol. The van der Waals surface area contributed by atoms with Gasteiger partial charge in [0, 0.05) is 56.7 Å². The first-order valence-electron chi connectivity index (χ1n) is 16.5. The number of nitrogens with zero attached hydrogens (tertiary/aromatic N) is 2. The highest BCUT2D eigenvalue weighted by Gasteiger charge is 2.25.